The van der Waals surface area contributed by atoms with Crippen molar-refractivity contribution in [2.75, 3.05) is 18.8 Å². The molecule has 0 aliphatic carbocycles. The van der Waals surface area contributed by atoms with Crippen LogP contribution in [0.1, 0.15) is 48.5 Å². The minimum absolute atomic E-state index is 0.0967. The van der Waals surface area contributed by atoms with Gasteiger partial charge in [-0.1, -0.05) is 25.5 Å². The van der Waals surface area contributed by atoms with Crippen LogP contribution in [0, 0.1) is 0 Å². The van der Waals surface area contributed by atoms with E-state index in [1.54, 1.807) is 0 Å². The average Bonchev–Trinajstić information content (AvgIpc) is 2.60. The zero-order chi connectivity index (χ0) is 19.4. The van der Waals surface area contributed by atoms with E-state index in [-0.39, 0.29) is 24.9 Å². The topological polar surface area (TPSA) is 66.5 Å². The number of halogens is 3. The van der Waals surface area contributed by atoms with Crippen molar-refractivity contribution in [2.24, 2.45) is 0 Å². The lowest BCUT2D eigenvalue weighted by Crippen LogP contribution is -2.47. The third kappa shape index (κ3) is 5.20. The maximum atomic E-state index is 13.0. The second kappa shape index (κ2) is 8.39. The Bertz CT molecular complexity index is 727. The van der Waals surface area contributed by atoms with Gasteiger partial charge in [-0.2, -0.15) is 13.2 Å². The Kier molecular flexibility index (Phi) is 6.68. The number of rotatable bonds is 6. The highest BCUT2D eigenvalue weighted by molar-refractivity contribution is 7.89. The molecule has 1 heterocycles. The number of unbranched alkanes of at least 4 members (excludes halogenated alkanes) is 1. The molecular weight excluding hydrogens is 369 g/mol. The Morgan fingerprint density at radius 3 is 2.42 bits per heavy atom. The van der Waals surface area contributed by atoms with Crippen molar-refractivity contribution in [1.29, 1.82) is 0 Å². The molecule has 0 spiro atoms. The van der Waals surface area contributed by atoms with Gasteiger partial charge in [0.15, 0.2) is 0 Å². The first-order valence-corrected chi connectivity index (χ1v) is 10.2. The number of alkyl halides is 3. The summed E-state index contributed by atoms with van der Waals surface area (Å²) in [5.74, 6) is -0.690. The zero-order valence-corrected chi connectivity index (χ0v) is 15.4. The van der Waals surface area contributed by atoms with E-state index in [1.165, 1.54) is 16.4 Å². The number of carbonyl (C=O) groups excluding carboxylic acids is 1. The molecule has 0 unspecified atom stereocenters. The lowest BCUT2D eigenvalue weighted by molar-refractivity contribution is -0.137. The fourth-order valence-corrected chi connectivity index (χ4v) is 4.60. The Hall–Kier alpha value is -1.61. The fraction of sp³-hybridized carbons (Fsp3) is 0.588. The molecule has 1 saturated heterocycles. The molecule has 9 heteroatoms. The molecule has 1 aliphatic rings. The van der Waals surface area contributed by atoms with E-state index in [2.05, 4.69) is 5.32 Å². The summed E-state index contributed by atoms with van der Waals surface area (Å²) >= 11 is 0. The number of hydrogen-bond acceptors (Lipinski definition) is 3. The van der Waals surface area contributed by atoms with E-state index in [0.717, 1.165) is 18.6 Å². The molecule has 0 atom stereocenters. The smallest absolute Gasteiger partial charge is 0.349 e. The summed E-state index contributed by atoms with van der Waals surface area (Å²) in [4.78, 5) is 12.3. The fourth-order valence-electron chi connectivity index (χ4n) is 2.93. The van der Waals surface area contributed by atoms with Crippen molar-refractivity contribution in [3.63, 3.8) is 0 Å². The quantitative estimate of drug-likeness (QED) is 0.809. The largest absolute Gasteiger partial charge is 0.417 e. The molecular formula is C17H23F3N2O3S. The van der Waals surface area contributed by atoms with E-state index in [9.17, 15) is 26.4 Å². The Balaban J connectivity index is 1.97. The molecule has 1 N–H and O–H groups in total. The van der Waals surface area contributed by atoms with Gasteiger partial charge in [0.1, 0.15) is 0 Å². The Morgan fingerprint density at radius 2 is 1.85 bits per heavy atom. The Morgan fingerprint density at radius 1 is 1.23 bits per heavy atom. The molecule has 5 nitrogen and oxygen atoms in total. The monoisotopic (exact) mass is 392 g/mol. The average molecular weight is 392 g/mol. The number of piperidine rings is 1. The molecule has 0 bridgehead atoms. The highest BCUT2D eigenvalue weighted by atomic mass is 32.2. The van der Waals surface area contributed by atoms with Crippen LogP contribution >= 0.6 is 0 Å². The number of nitrogens with one attached hydrogen (secondary N) is 1. The summed E-state index contributed by atoms with van der Waals surface area (Å²) in [5.41, 5.74) is -1.39. The number of hydrogen-bond donors (Lipinski definition) is 1. The van der Waals surface area contributed by atoms with E-state index >= 15 is 0 Å². The first-order valence-electron chi connectivity index (χ1n) is 8.60. The molecule has 1 aromatic rings. The van der Waals surface area contributed by atoms with Gasteiger partial charge in [-0.15, -0.1) is 0 Å². The summed E-state index contributed by atoms with van der Waals surface area (Å²) in [6, 6.07) is 4.29. The number of benzene rings is 1. The third-order valence-electron chi connectivity index (χ3n) is 4.42. The molecule has 146 valence electrons. The van der Waals surface area contributed by atoms with Gasteiger partial charge in [0.25, 0.3) is 5.91 Å². The number of carbonyl (C=O) groups is 1. The van der Waals surface area contributed by atoms with Crippen LogP contribution in [0.3, 0.4) is 0 Å². The molecule has 2 rings (SSSR count). The van der Waals surface area contributed by atoms with Gasteiger partial charge >= 0.3 is 6.18 Å². The van der Waals surface area contributed by atoms with E-state index in [0.29, 0.717) is 19.3 Å². The molecule has 1 amide bonds. The van der Waals surface area contributed by atoms with Crippen molar-refractivity contribution in [3.8, 4) is 0 Å². The van der Waals surface area contributed by atoms with Gasteiger partial charge in [-0.05, 0) is 31.4 Å². The highest BCUT2D eigenvalue weighted by Gasteiger charge is 2.35. The number of amides is 1. The van der Waals surface area contributed by atoms with Crippen LogP contribution in [0.4, 0.5) is 13.2 Å². The number of nitrogens with zero attached hydrogens (tertiary/aromatic N) is 1. The molecule has 1 fully saturated rings. The third-order valence-corrected chi connectivity index (χ3v) is 6.37. The standard InChI is InChI=1S/C17H23F3N2O3S/c1-2-3-12-26(24,25)22-10-8-13(9-11-22)21-16(23)14-6-4-5-7-15(14)17(18,19)20/h4-7,13H,2-3,8-12H2,1H3,(H,21,23). The van der Waals surface area contributed by atoms with Crippen LogP contribution in [0.2, 0.25) is 0 Å². The van der Waals surface area contributed by atoms with Crippen LogP contribution in [0.15, 0.2) is 24.3 Å². The van der Waals surface area contributed by atoms with Gasteiger partial charge in [-0.3, -0.25) is 4.79 Å². The van der Waals surface area contributed by atoms with Gasteiger partial charge in [0, 0.05) is 19.1 Å². The van der Waals surface area contributed by atoms with Gasteiger partial charge < -0.3 is 5.32 Å². The van der Waals surface area contributed by atoms with E-state index in [1.807, 2.05) is 6.92 Å². The van der Waals surface area contributed by atoms with E-state index in [4.69, 9.17) is 0 Å². The summed E-state index contributed by atoms with van der Waals surface area (Å²) in [7, 11) is -3.30. The molecule has 0 saturated carbocycles. The minimum Gasteiger partial charge on any atom is -0.349 e. The molecule has 1 aromatic carbocycles. The maximum Gasteiger partial charge on any atom is 0.417 e. The van der Waals surface area contributed by atoms with Crippen LogP contribution in [-0.2, 0) is 16.2 Å². The second-order valence-corrected chi connectivity index (χ2v) is 8.45. The van der Waals surface area contributed by atoms with Crippen LogP contribution < -0.4 is 5.32 Å². The zero-order valence-electron chi connectivity index (χ0n) is 14.6. The van der Waals surface area contributed by atoms with Crippen molar-refractivity contribution >= 4 is 15.9 Å². The van der Waals surface area contributed by atoms with Crippen molar-refractivity contribution in [2.45, 2.75) is 44.8 Å². The van der Waals surface area contributed by atoms with Crippen LogP contribution in [-0.4, -0.2) is 43.5 Å². The van der Waals surface area contributed by atoms with Crippen molar-refractivity contribution < 1.29 is 26.4 Å². The normalized spacial score (nSPS) is 17.2. The van der Waals surface area contributed by atoms with Crippen LogP contribution in [0.5, 0.6) is 0 Å². The lowest BCUT2D eigenvalue weighted by atomic mass is 10.0. The maximum absolute atomic E-state index is 13.0. The molecule has 0 aromatic heterocycles. The van der Waals surface area contributed by atoms with Crippen molar-refractivity contribution in [3.05, 3.63) is 35.4 Å². The first-order chi connectivity index (χ1) is 12.1. The SMILES string of the molecule is CCCCS(=O)(=O)N1CCC(NC(=O)c2ccccc2C(F)(F)F)CC1. The lowest BCUT2D eigenvalue weighted by Gasteiger charge is -2.31. The van der Waals surface area contributed by atoms with Gasteiger partial charge in [-0.25, -0.2) is 12.7 Å². The second-order valence-electron chi connectivity index (χ2n) is 6.36. The van der Waals surface area contributed by atoms with Crippen LogP contribution in [0.25, 0.3) is 0 Å². The number of sulfonamides is 1. The molecule has 0 radical (unpaired) electrons. The minimum atomic E-state index is -4.61. The summed E-state index contributed by atoms with van der Waals surface area (Å²) in [6.07, 6.45) is -2.47. The first kappa shape index (κ1) is 20.7. The molecule has 1 aliphatic heterocycles. The highest BCUT2D eigenvalue weighted by Crippen LogP contribution is 2.32. The predicted octanol–water partition coefficient (Wildman–Crippen LogP) is 3.03. The van der Waals surface area contributed by atoms with Gasteiger partial charge in [0.2, 0.25) is 10.0 Å². The Labute approximate surface area is 151 Å². The van der Waals surface area contributed by atoms with Gasteiger partial charge in [0.05, 0.1) is 16.9 Å². The van der Waals surface area contributed by atoms with Crippen molar-refractivity contribution in [1.82, 2.24) is 9.62 Å². The summed E-state index contributed by atoms with van der Waals surface area (Å²) < 4.78 is 64.8. The molecule has 26 heavy (non-hydrogen) atoms. The predicted molar refractivity (Wildman–Crippen MR) is 92.2 cm³/mol. The summed E-state index contributed by atoms with van der Waals surface area (Å²) in [5, 5.41) is 2.60. The van der Waals surface area contributed by atoms with E-state index < -0.39 is 33.2 Å². The summed E-state index contributed by atoms with van der Waals surface area (Å²) in [6.45, 7) is 2.44.